The van der Waals surface area contributed by atoms with E-state index in [9.17, 15) is 0 Å². The molecule has 2 aliphatic rings. The average Bonchev–Trinajstić information content (AvgIpc) is 3.19. The van der Waals surface area contributed by atoms with Crippen molar-refractivity contribution < 1.29 is 4.74 Å². The maximum Gasteiger partial charge on any atom is 0.0722 e. The molecule has 0 N–H and O–H groups in total. The number of hydrogen-bond acceptors (Lipinski definition) is 2. The number of rotatable bonds is 12. The second-order valence-electron chi connectivity index (χ2n) is 9.25. The zero-order valence-electron chi connectivity index (χ0n) is 18.9. The molecule has 3 rings (SSSR count). The molecule has 1 unspecified atom stereocenters. The molecule has 2 nitrogen and oxygen atoms in total. The lowest BCUT2D eigenvalue weighted by atomic mass is 9.87. The maximum absolute atomic E-state index is 6.00. The Morgan fingerprint density at radius 3 is 2.67 bits per heavy atom. The van der Waals surface area contributed by atoms with Gasteiger partial charge < -0.3 is 4.74 Å². The first kappa shape index (κ1) is 23.0. The molecule has 1 aromatic carbocycles. The Kier molecular flexibility index (Phi) is 9.89. The van der Waals surface area contributed by atoms with Gasteiger partial charge in [0.15, 0.2) is 0 Å². The smallest absolute Gasteiger partial charge is 0.0722 e. The van der Waals surface area contributed by atoms with Gasteiger partial charge in [-0.15, -0.1) is 0 Å². The Labute approximate surface area is 184 Å². The number of unbranched alkanes of at least 4 members (excludes halogenated alkanes) is 1. The van der Waals surface area contributed by atoms with E-state index < -0.39 is 0 Å². The number of allylic oxidation sites excluding steroid dienone is 1. The lowest BCUT2D eigenvalue weighted by molar-refractivity contribution is 0.116. The minimum atomic E-state index is 0.654. The van der Waals surface area contributed by atoms with Gasteiger partial charge in [0.25, 0.3) is 0 Å². The van der Waals surface area contributed by atoms with Crippen LogP contribution in [0.15, 0.2) is 41.9 Å². The topological polar surface area (TPSA) is 21.6 Å². The fraction of sp³-hybridized carbons (Fsp3) is 0.607. The van der Waals surface area contributed by atoms with E-state index in [1.165, 1.54) is 87.3 Å². The highest BCUT2D eigenvalue weighted by Gasteiger charge is 2.18. The molecule has 0 saturated heterocycles. The van der Waals surface area contributed by atoms with Crippen LogP contribution in [0, 0.1) is 11.8 Å². The van der Waals surface area contributed by atoms with Gasteiger partial charge in [-0.05, 0) is 67.1 Å². The fourth-order valence-corrected chi connectivity index (χ4v) is 5.13. The molecule has 0 aromatic heterocycles. The van der Waals surface area contributed by atoms with Gasteiger partial charge in [0, 0.05) is 19.4 Å². The molecule has 0 spiro atoms. The number of ether oxygens (including phenoxy) is 1. The molecule has 0 aliphatic heterocycles. The highest BCUT2D eigenvalue weighted by molar-refractivity contribution is 5.86. The van der Waals surface area contributed by atoms with Crippen molar-refractivity contribution in [2.75, 3.05) is 13.2 Å². The van der Waals surface area contributed by atoms with Gasteiger partial charge in [-0.2, -0.15) is 0 Å². The highest BCUT2D eigenvalue weighted by atomic mass is 16.5. The van der Waals surface area contributed by atoms with Gasteiger partial charge in [-0.3, -0.25) is 4.99 Å². The van der Waals surface area contributed by atoms with Crippen LogP contribution >= 0.6 is 0 Å². The predicted octanol–water partition coefficient (Wildman–Crippen LogP) is 7.76. The zero-order chi connectivity index (χ0) is 21.0. The molecule has 1 atom stereocenters. The van der Waals surface area contributed by atoms with Crippen molar-refractivity contribution in [2.45, 2.75) is 83.7 Å². The van der Waals surface area contributed by atoms with Crippen molar-refractivity contribution in [1.29, 1.82) is 0 Å². The second-order valence-corrected chi connectivity index (χ2v) is 9.25. The molecule has 2 fully saturated rings. The first-order chi connectivity index (χ1) is 14.8. The van der Waals surface area contributed by atoms with E-state index in [0.717, 1.165) is 37.0 Å². The predicted molar refractivity (Wildman–Crippen MR) is 130 cm³/mol. The van der Waals surface area contributed by atoms with E-state index in [4.69, 9.17) is 9.73 Å². The van der Waals surface area contributed by atoms with Gasteiger partial charge in [0.2, 0.25) is 0 Å². The van der Waals surface area contributed by atoms with Crippen LogP contribution in [0.2, 0.25) is 0 Å². The van der Waals surface area contributed by atoms with Crippen molar-refractivity contribution in [2.24, 2.45) is 16.8 Å². The second kappa shape index (κ2) is 12.9. The summed E-state index contributed by atoms with van der Waals surface area (Å²) in [6.45, 7) is 10.7. The first-order valence-electron chi connectivity index (χ1n) is 12.3. The number of nitrogens with zero attached hydrogens (tertiary/aromatic N) is 1. The molecule has 2 saturated carbocycles. The van der Waals surface area contributed by atoms with Crippen LogP contribution in [0.1, 0.15) is 93.7 Å². The molecule has 2 aliphatic carbocycles. The largest absolute Gasteiger partial charge is 0.377 e. The third-order valence-electron chi connectivity index (χ3n) is 7.03. The molecule has 0 radical (unpaired) electrons. The quantitative estimate of drug-likeness (QED) is 0.197. The van der Waals surface area contributed by atoms with Crippen molar-refractivity contribution in [3.05, 3.63) is 53.6 Å². The number of benzene rings is 1. The molecule has 2 heteroatoms. The fourth-order valence-electron chi connectivity index (χ4n) is 5.13. The monoisotopic (exact) mass is 407 g/mol. The molecule has 0 amide bonds. The van der Waals surface area contributed by atoms with Gasteiger partial charge in [0.1, 0.15) is 0 Å². The van der Waals surface area contributed by atoms with Crippen molar-refractivity contribution >= 4 is 12.3 Å². The summed E-state index contributed by atoms with van der Waals surface area (Å²) in [5, 5.41) is 0. The Morgan fingerprint density at radius 1 is 1.03 bits per heavy atom. The molecule has 1 aromatic rings. The van der Waals surface area contributed by atoms with Crippen LogP contribution < -0.4 is 0 Å². The first-order valence-corrected chi connectivity index (χ1v) is 12.3. The summed E-state index contributed by atoms with van der Waals surface area (Å²) in [4.78, 5) is 4.73. The van der Waals surface area contributed by atoms with E-state index in [0.29, 0.717) is 6.61 Å². The van der Waals surface area contributed by atoms with E-state index >= 15 is 0 Å². The van der Waals surface area contributed by atoms with Gasteiger partial charge in [-0.1, -0.05) is 81.5 Å². The summed E-state index contributed by atoms with van der Waals surface area (Å²) in [6.07, 6.45) is 19.8. The number of aliphatic imine (C=N–C) groups is 1. The Balaban J connectivity index is 1.39. The Bertz CT molecular complexity index is 699. The van der Waals surface area contributed by atoms with Gasteiger partial charge in [0.05, 0.1) is 6.61 Å². The van der Waals surface area contributed by atoms with Crippen molar-refractivity contribution in [3.8, 4) is 0 Å². The van der Waals surface area contributed by atoms with Crippen molar-refractivity contribution in [1.82, 2.24) is 0 Å². The molecular formula is C28H41NO. The summed E-state index contributed by atoms with van der Waals surface area (Å²) >= 11 is 0. The standard InChI is InChI=1S/C28H41NO/c1-3-28-26(21-29-19-18-24-12-5-4-6-13-24)16-10-17-27(28)22-30-20-8-7-14-25-15-9-11-23(25)2/h3,10,16-17,21,24-25H,1-2,4-9,11-15,18-20,22H2. The van der Waals surface area contributed by atoms with E-state index in [1.807, 2.05) is 12.3 Å². The van der Waals surface area contributed by atoms with E-state index in [2.05, 4.69) is 31.4 Å². The molecule has 0 heterocycles. The minimum absolute atomic E-state index is 0.654. The maximum atomic E-state index is 6.00. The molecular weight excluding hydrogens is 366 g/mol. The molecule has 0 bridgehead atoms. The third-order valence-corrected chi connectivity index (χ3v) is 7.03. The van der Waals surface area contributed by atoms with E-state index in [1.54, 1.807) is 0 Å². The van der Waals surface area contributed by atoms with Crippen LogP contribution in [0.3, 0.4) is 0 Å². The van der Waals surface area contributed by atoms with Gasteiger partial charge >= 0.3 is 0 Å². The average molecular weight is 408 g/mol. The molecule has 30 heavy (non-hydrogen) atoms. The lowest BCUT2D eigenvalue weighted by Crippen LogP contribution is -2.07. The highest BCUT2D eigenvalue weighted by Crippen LogP contribution is 2.33. The summed E-state index contributed by atoms with van der Waals surface area (Å²) in [5.41, 5.74) is 5.02. The van der Waals surface area contributed by atoms with Crippen LogP contribution in [0.25, 0.3) is 6.08 Å². The third kappa shape index (κ3) is 7.23. The van der Waals surface area contributed by atoms with Crippen LogP contribution in [-0.2, 0) is 11.3 Å². The van der Waals surface area contributed by atoms with Crippen LogP contribution in [0.4, 0.5) is 0 Å². The summed E-state index contributed by atoms with van der Waals surface area (Å²) in [7, 11) is 0. The van der Waals surface area contributed by atoms with E-state index in [-0.39, 0.29) is 0 Å². The lowest BCUT2D eigenvalue weighted by Gasteiger charge is -2.20. The Morgan fingerprint density at radius 2 is 1.90 bits per heavy atom. The normalized spacial score (nSPS) is 20.3. The molecule has 164 valence electrons. The van der Waals surface area contributed by atoms with Crippen LogP contribution in [0.5, 0.6) is 0 Å². The summed E-state index contributed by atoms with van der Waals surface area (Å²) < 4.78 is 6.00. The summed E-state index contributed by atoms with van der Waals surface area (Å²) in [6, 6.07) is 6.40. The SMILES string of the molecule is C=Cc1c(C=NCCC2CCCCC2)cccc1COCCCCC1CCCC1=C. The Hall–Kier alpha value is -1.67. The summed E-state index contributed by atoms with van der Waals surface area (Å²) in [5.74, 6) is 1.66. The zero-order valence-corrected chi connectivity index (χ0v) is 18.9. The number of hydrogen-bond donors (Lipinski definition) is 0. The van der Waals surface area contributed by atoms with Gasteiger partial charge in [-0.25, -0.2) is 0 Å². The van der Waals surface area contributed by atoms with Crippen molar-refractivity contribution in [3.63, 3.8) is 0 Å². The minimum Gasteiger partial charge on any atom is -0.377 e. The van der Waals surface area contributed by atoms with Crippen LogP contribution in [-0.4, -0.2) is 19.4 Å².